The van der Waals surface area contributed by atoms with Crippen molar-refractivity contribution in [2.75, 3.05) is 6.54 Å². The Hall–Kier alpha value is -2.10. The van der Waals surface area contributed by atoms with Gasteiger partial charge in [0.05, 0.1) is 0 Å². The van der Waals surface area contributed by atoms with Crippen molar-refractivity contribution in [3.63, 3.8) is 0 Å². The predicted molar refractivity (Wildman–Crippen MR) is 82.7 cm³/mol. The van der Waals surface area contributed by atoms with Gasteiger partial charge >= 0.3 is 0 Å². The second-order valence-electron chi connectivity index (χ2n) is 6.37. The SMILES string of the molecule is O=C(c1cc(C2CC2)on1)N1CCC[C@@H]1Cc1ccccc1. The molecule has 114 valence electrons. The molecule has 1 amide bonds. The zero-order valence-corrected chi connectivity index (χ0v) is 12.6. The Morgan fingerprint density at radius 2 is 2.05 bits per heavy atom. The van der Waals surface area contributed by atoms with Gasteiger partial charge in [-0.05, 0) is 37.7 Å². The number of rotatable bonds is 4. The lowest BCUT2D eigenvalue weighted by Crippen LogP contribution is -2.37. The van der Waals surface area contributed by atoms with Crippen molar-refractivity contribution < 1.29 is 9.32 Å². The van der Waals surface area contributed by atoms with E-state index in [9.17, 15) is 4.79 Å². The highest BCUT2D eigenvalue weighted by molar-refractivity contribution is 5.92. The molecule has 2 aliphatic rings. The predicted octanol–water partition coefficient (Wildman–Crippen LogP) is 3.40. The zero-order chi connectivity index (χ0) is 14.9. The molecule has 0 radical (unpaired) electrons. The molecule has 0 unspecified atom stereocenters. The zero-order valence-electron chi connectivity index (χ0n) is 12.6. The highest BCUT2D eigenvalue weighted by atomic mass is 16.5. The number of carbonyl (C=O) groups excluding carboxylic acids is 1. The Morgan fingerprint density at radius 1 is 1.23 bits per heavy atom. The lowest BCUT2D eigenvalue weighted by molar-refractivity contribution is 0.0726. The molecule has 0 spiro atoms. The Morgan fingerprint density at radius 3 is 2.82 bits per heavy atom. The molecular formula is C18H20N2O2. The minimum Gasteiger partial charge on any atom is -0.360 e. The maximum Gasteiger partial charge on any atom is 0.276 e. The van der Waals surface area contributed by atoms with Crippen molar-refractivity contribution in [2.24, 2.45) is 0 Å². The first-order valence-corrected chi connectivity index (χ1v) is 8.13. The Balaban J connectivity index is 1.48. The van der Waals surface area contributed by atoms with Crippen LogP contribution in [-0.2, 0) is 6.42 Å². The lowest BCUT2D eigenvalue weighted by atomic mass is 10.0. The van der Waals surface area contributed by atoms with E-state index < -0.39 is 0 Å². The van der Waals surface area contributed by atoms with Crippen molar-refractivity contribution in [3.05, 3.63) is 53.4 Å². The number of benzene rings is 1. The van der Waals surface area contributed by atoms with E-state index in [4.69, 9.17) is 4.52 Å². The maximum absolute atomic E-state index is 12.7. The first-order chi connectivity index (χ1) is 10.8. The summed E-state index contributed by atoms with van der Waals surface area (Å²) in [4.78, 5) is 14.7. The van der Waals surface area contributed by atoms with Gasteiger partial charge in [-0.25, -0.2) is 0 Å². The number of likely N-dealkylation sites (tertiary alicyclic amines) is 1. The summed E-state index contributed by atoms with van der Waals surface area (Å²) in [7, 11) is 0. The normalized spacial score (nSPS) is 21.3. The lowest BCUT2D eigenvalue weighted by Gasteiger charge is -2.23. The molecule has 4 rings (SSSR count). The third-order valence-electron chi connectivity index (χ3n) is 4.68. The first-order valence-electron chi connectivity index (χ1n) is 8.13. The topological polar surface area (TPSA) is 46.3 Å². The van der Waals surface area contributed by atoms with E-state index in [-0.39, 0.29) is 11.9 Å². The molecule has 1 aromatic carbocycles. The van der Waals surface area contributed by atoms with Crippen molar-refractivity contribution in [1.82, 2.24) is 10.1 Å². The van der Waals surface area contributed by atoms with Crippen molar-refractivity contribution in [3.8, 4) is 0 Å². The average Bonchev–Trinajstić information content (AvgIpc) is 3.10. The first kappa shape index (κ1) is 13.6. The third-order valence-corrected chi connectivity index (χ3v) is 4.68. The summed E-state index contributed by atoms with van der Waals surface area (Å²) in [6, 6.07) is 12.5. The number of aromatic nitrogens is 1. The number of carbonyl (C=O) groups is 1. The fourth-order valence-corrected chi connectivity index (χ4v) is 3.30. The van der Waals surface area contributed by atoms with Crippen molar-refractivity contribution in [1.29, 1.82) is 0 Å². The summed E-state index contributed by atoms with van der Waals surface area (Å²) in [5, 5.41) is 4.00. The van der Waals surface area contributed by atoms with Gasteiger partial charge in [0.1, 0.15) is 5.76 Å². The fraction of sp³-hybridized carbons (Fsp3) is 0.444. The third kappa shape index (κ3) is 2.65. The van der Waals surface area contributed by atoms with Gasteiger partial charge in [0.15, 0.2) is 5.69 Å². The fourth-order valence-electron chi connectivity index (χ4n) is 3.30. The molecule has 4 heteroatoms. The van der Waals surface area contributed by atoms with Crippen molar-refractivity contribution >= 4 is 5.91 Å². The number of amides is 1. The minimum absolute atomic E-state index is 0.0223. The molecule has 22 heavy (non-hydrogen) atoms. The van der Waals surface area contributed by atoms with Crippen LogP contribution in [0.4, 0.5) is 0 Å². The number of nitrogens with zero attached hydrogens (tertiary/aromatic N) is 2. The Bertz CT molecular complexity index is 661. The molecule has 1 aromatic heterocycles. The summed E-state index contributed by atoms with van der Waals surface area (Å²) in [6.45, 7) is 0.821. The molecule has 4 nitrogen and oxygen atoms in total. The van der Waals surface area contributed by atoms with Crippen LogP contribution in [0.2, 0.25) is 0 Å². The highest BCUT2D eigenvalue weighted by Crippen LogP contribution is 2.40. The van der Waals surface area contributed by atoms with Crippen LogP contribution in [0.25, 0.3) is 0 Å². The summed E-state index contributed by atoms with van der Waals surface area (Å²) < 4.78 is 5.33. The Kier molecular flexibility index (Phi) is 3.45. The van der Waals surface area contributed by atoms with E-state index >= 15 is 0 Å². The summed E-state index contributed by atoms with van der Waals surface area (Å²) >= 11 is 0. The van der Waals surface area contributed by atoms with Crippen LogP contribution in [0.5, 0.6) is 0 Å². The summed E-state index contributed by atoms with van der Waals surface area (Å²) in [6.07, 6.45) is 5.36. The Labute approximate surface area is 130 Å². The van der Waals surface area contributed by atoms with Crippen LogP contribution in [0.15, 0.2) is 40.9 Å². The molecule has 1 aliphatic carbocycles. The molecule has 1 aliphatic heterocycles. The highest BCUT2D eigenvalue weighted by Gasteiger charge is 2.33. The van der Waals surface area contributed by atoms with Gasteiger partial charge in [-0.1, -0.05) is 35.5 Å². The van der Waals surface area contributed by atoms with Crippen LogP contribution in [-0.4, -0.2) is 28.6 Å². The monoisotopic (exact) mass is 296 g/mol. The quantitative estimate of drug-likeness (QED) is 0.868. The summed E-state index contributed by atoms with van der Waals surface area (Å²) in [5.41, 5.74) is 1.76. The van der Waals surface area contributed by atoms with Crippen LogP contribution in [0.3, 0.4) is 0 Å². The van der Waals surface area contributed by atoms with Gasteiger partial charge in [0.2, 0.25) is 0 Å². The molecule has 1 saturated heterocycles. The average molecular weight is 296 g/mol. The number of hydrogen-bond acceptors (Lipinski definition) is 3. The van der Waals surface area contributed by atoms with E-state index in [0.717, 1.165) is 44.4 Å². The second kappa shape index (κ2) is 5.59. The van der Waals surface area contributed by atoms with Crippen LogP contribution < -0.4 is 0 Å². The standard InChI is InChI=1S/C18H20N2O2/c21-18(16-12-17(22-19-16)14-8-9-14)20-10-4-7-15(20)11-13-5-2-1-3-6-13/h1-3,5-6,12,14-15H,4,7-11H2/t15-/m1/s1. The van der Waals surface area contributed by atoms with Gasteiger partial charge in [0.25, 0.3) is 5.91 Å². The van der Waals surface area contributed by atoms with Gasteiger partial charge in [-0.2, -0.15) is 0 Å². The van der Waals surface area contributed by atoms with E-state index in [2.05, 4.69) is 29.4 Å². The van der Waals surface area contributed by atoms with Crippen molar-refractivity contribution in [2.45, 2.75) is 44.1 Å². The largest absolute Gasteiger partial charge is 0.360 e. The van der Waals surface area contributed by atoms with Gasteiger partial charge in [-0.3, -0.25) is 4.79 Å². The molecule has 0 bridgehead atoms. The molecule has 2 aromatic rings. The smallest absolute Gasteiger partial charge is 0.276 e. The second-order valence-corrected chi connectivity index (χ2v) is 6.37. The van der Waals surface area contributed by atoms with E-state index in [1.807, 2.05) is 17.0 Å². The van der Waals surface area contributed by atoms with E-state index in [1.165, 1.54) is 5.56 Å². The van der Waals surface area contributed by atoms with Crippen LogP contribution >= 0.6 is 0 Å². The van der Waals surface area contributed by atoms with E-state index in [1.54, 1.807) is 0 Å². The number of hydrogen-bond donors (Lipinski definition) is 0. The van der Waals surface area contributed by atoms with Gasteiger partial charge in [0, 0.05) is 24.6 Å². The van der Waals surface area contributed by atoms with Gasteiger partial charge in [-0.15, -0.1) is 0 Å². The molecule has 0 N–H and O–H groups in total. The molecule has 2 heterocycles. The minimum atomic E-state index is 0.0223. The molecule has 1 atom stereocenters. The molecule has 2 fully saturated rings. The van der Waals surface area contributed by atoms with Crippen LogP contribution in [0.1, 0.15) is 53.4 Å². The van der Waals surface area contributed by atoms with E-state index in [0.29, 0.717) is 11.6 Å². The molecule has 1 saturated carbocycles. The maximum atomic E-state index is 12.7. The molecular weight excluding hydrogens is 276 g/mol. The summed E-state index contributed by atoms with van der Waals surface area (Å²) in [5.74, 6) is 1.39. The van der Waals surface area contributed by atoms with Crippen LogP contribution in [0, 0.1) is 0 Å². The van der Waals surface area contributed by atoms with Gasteiger partial charge < -0.3 is 9.42 Å².